The van der Waals surface area contributed by atoms with Gasteiger partial charge in [0.2, 0.25) is 0 Å². The lowest BCUT2D eigenvalue weighted by Gasteiger charge is -2.18. The summed E-state index contributed by atoms with van der Waals surface area (Å²) >= 11 is 0. The molecule has 0 aliphatic carbocycles. The minimum Gasteiger partial charge on any atom is -0.462 e. The fourth-order valence-corrected chi connectivity index (χ4v) is 8.83. The monoisotopic (exact) mass is 1040 g/mol. The van der Waals surface area contributed by atoms with Crippen LogP contribution in [0.5, 0.6) is 0 Å². The van der Waals surface area contributed by atoms with E-state index in [0.717, 1.165) is 116 Å². The molecule has 0 saturated heterocycles. The molecule has 0 amide bonds. The van der Waals surface area contributed by atoms with Crippen LogP contribution in [0.25, 0.3) is 0 Å². The Morgan fingerprint density at radius 2 is 0.520 bits per heavy atom. The Morgan fingerprint density at radius 3 is 0.853 bits per heavy atom. The van der Waals surface area contributed by atoms with Crippen LogP contribution in [-0.2, 0) is 28.6 Å². The molecule has 0 bridgehead atoms. The maximum Gasteiger partial charge on any atom is 0.306 e. The second-order valence-corrected chi connectivity index (χ2v) is 20.9. The van der Waals surface area contributed by atoms with Crippen LogP contribution >= 0.6 is 0 Å². The molecule has 0 aromatic carbocycles. The normalized spacial score (nSPS) is 12.7. The van der Waals surface area contributed by atoms with Crippen LogP contribution in [-0.4, -0.2) is 37.2 Å². The molecule has 75 heavy (non-hydrogen) atoms. The maximum absolute atomic E-state index is 12.9. The lowest BCUT2D eigenvalue weighted by Crippen LogP contribution is -2.30. The minimum absolute atomic E-state index is 0.0804. The zero-order chi connectivity index (χ0) is 54.3. The van der Waals surface area contributed by atoms with Crippen LogP contribution in [0.15, 0.2) is 97.2 Å². The Hall–Kier alpha value is -3.67. The van der Waals surface area contributed by atoms with E-state index in [9.17, 15) is 14.4 Å². The van der Waals surface area contributed by atoms with Gasteiger partial charge in [-0.3, -0.25) is 14.4 Å². The summed E-state index contributed by atoms with van der Waals surface area (Å²) in [5.74, 6) is -0.885. The summed E-state index contributed by atoms with van der Waals surface area (Å²) in [6.45, 7) is 6.51. The molecular formula is C69H118O6. The van der Waals surface area contributed by atoms with Crippen LogP contribution in [0, 0.1) is 0 Å². The highest BCUT2D eigenvalue weighted by Gasteiger charge is 2.19. The Kier molecular flexibility index (Phi) is 59.8. The SMILES string of the molecule is CC/C=C\C/C=C\C/C=C\C/C=C\C/C=C\C/C=C\C/C=C\CCCCCCCCCCCC(=O)OCC(COC(=O)CCCCCCC/C=C\CCCCC)OC(=O)CCCCCCCCCCCCCCCC. The third kappa shape index (κ3) is 61.1. The highest BCUT2D eigenvalue weighted by Crippen LogP contribution is 2.16. The third-order valence-corrected chi connectivity index (χ3v) is 13.6. The van der Waals surface area contributed by atoms with Crippen LogP contribution in [0.1, 0.15) is 303 Å². The van der Waals surface area contributed by atoms with E-state index in [4.69, 9.17) is 14.2 Å². The van der Waals surface area contributed by atoms with E-state index in [1.54, 1.807) is 0 Å². The van der Waals surface area contributed by atoms with E-state index in [1.165, 1.54) is 148 Å². The average molecular weight is 1040 g/mol. The first-order valence-corrected chi connectivity index (χ1v) is 31.7. The lowest BCUT2D eigenvalue weighted by molar-refractivity contribution is -0.167. The minimum atomic E-state index is -0.781. The van der Waals surface area contributed by atoms with Crippen LogP contribution in [0.4, 0.5) is 0 Å². The maximum atomic E-state index is 12.9. The summed E-state index contributed by atoms with van der Waals surface area (Å²) in [6.07, 6.45) is 84.1. The van der Waals surface area contributed by atoms with E-state index < -0.39 is 6.10 Å². The van der Waals surface area contributed by atoms with Gasteiger partial charge in [-0.2, -0.15) is 0 Å². The predicted molar refractivity (Wildman–Crippen MR) is 325 cm³/mol. The summed E-state index contributed by atoms with van der Waals surface area (Å²) < 4.78 is 16.9. The molecule has 1 atom stereocenters. The summed E-state index contributed by atoms with van der Waals surface area (Å²) in [7, 11) is 0. The first-order valence-electron chi connectivity index (χ1n) is 31.7. The number of hydrogen-bond donors (Lipinski definition) is 0. The summed E-state index contributed by atoms with van der Waals surface area (Å²) in [4.78, 5) is 38.2. The zero-order valence-electron chi connectivity index (χ0n) is 49.3. The fourth-order valence-electron chi connectivity index (χ4n) is 8.83. The number of ether oxygens (including phenoxy) is 3. The third-order valence-electron chi connectivity index (χ3n) is 13.6. The quantitative estimate of drug-likeness (QED) is 0.0261. The van der Waals surface area contributed by atoms with Crippen molar-refractivity contribution in [3.05, 3.63) is 97.2 Å². The number of allylic oxidation sites excluding steroid dienone is 16. The molecule has 0 radical (unpaired) electrons. The molecule has 0 spiro atoms. The van der Waals surface area contributed by atoms with Gasteiger partial charge >= 0.3 is 17.9 Å². The molecule has 0 aliphatic heterocycles. The number of hydrogen-bond acceptors (Lipinski definition) is 6. The van der Waals surface area contributed by atoms with Crippen molar-refractivity contribution in [3.63, 3.8) is 0 Å². The molecule has 0 N–H and O–H groups in total. The molecule has 0 aliphatic rings. The first-order chi connectivity index (χ1) is 37.0. The Balaban J connectivity index is 4.23. The van der Waals surface area contributed by atoms with Gasteiger partial charge in [0.05, 0.1) is 0 Å². The standard InChI is InChI=1S/C69H118O6/c1-4-7-10-13-16-19-22-25-27-28-29-30-31-32-33-34-35-36-37-38-39-40-41-42-43-45-47-50-53-56-59-62-68(71)74-65-66(64-73-67(70)61-58-55-52-49-46-24-21-18-15-12-9-6-3)75-69(72)63-60-57-54-51-48-44-26-23-20-17-14-11-8-5-2/h7,10,16,18-19,21,25,27,29-30,32-33,35-36,38-39,66H,4-6,8-9,11-15,17,20,22-24,26,28,31,34,37,40-65H2,1-3H3/b10-7-,19-16-,21-18-,27-25-,30-29-,33-32-,36-35-,39-38-. The molecule has 0 rings (SSSR count). The topological polar surface area (TPSA) is 78.9 Å². The van der Waals surface area contributed by atoms with E-state index in [2.05, 4.69) is 118 Å². The van der Waals surface area contributed by atoms with Gasteiger partial charge in [0.15, 0.2) is 6.10 Å². The second-order valence-electron chi connectivity index (χ2n) is 20.9. The molecule has 0 aromatic rings. The average Bonchev–Trinajstić information content (AvgIpc) is 3.41. The number of carbonyl (C=O) groups is 3. The highest BCUT2D eigenvalue weighted by atomic mass is 16.6. The van der Waals surface area contributed by atoms with Gasteiger partial charge in [0.25, 0.3) is 0 Å². The van der Waals surface area contributed by atoms with Gasteiger partial charge in [-0.05, 0) is 103 Å². The smallest absolute Gasteiger partial charge is 0.306 e. The molecule has 0 fully saturated rings. The van der Waals surface area contributed by atoms with Crippen LogP contribution < -0.4 is 0 Å². The van der Waals surface area contributed by atoms with Crippen molar-refractivity contribution >= 4 is 17.9 Å². The van der Waals surface area contributed by atoms with Gasteiger partial charge in [0.1, 0.15) is 13.2 Å². The number of rotatable bonds is 57. The first kappa shape index (κ1) is 71.3. The largest absolute Gasteiger partial charge is 0.462 e. The van der Waals surface area contributed by atoms with Crippen LogP contribution in [0.2, 0.25) is 0 Å². The van der Waals surface area contributed by atoms with Gasteiger partial charge in [-0.1, -0.05) is 279 Å². The van der Waals surface area contributed by atoms with Gasteiger partial charge in [-0.25, -0.2) is 0 Å². The molecular weight excluding hydrogens is 925 g/mol. The summed E-state index contributed by atoms with van der Waals surface area (Å²) in [6, 6.07) is 0. The fraction of sp³-hybridized carbons (Fsp3) is 0.725. The van der Waals surface area contributed by atoms with Crippen molar-refractivity contribution in [2.75, 3.05) is 13.2 Å². The molecule has 430 valence electrons. The van der Waals surface area contributed by atoms with Crippen molar-refractivity contribution in [1.29, 1.82) is 0 Å². The Bertz CT molecular complexity index is 1480. The van der Waals surface area contributed by atoms with Gasteiger partial charge in [-0.15, -0.1) is 0 Å². The number of unbranched alkanes of at least 4 members (excludes halogenated alkanes) is 30. The highest BCUT2D eigenvalue weighted by molar-refractivity contribution is 5.71. The van der Waals surface area contributed by atoms with Crippen molar-refractivity contribution in [2.45, 2.75) is 309 Å². The Morgan fingerprint density at radius 1 is 0.280 bits per heavy atom. The number of carbonyl (C=O) groups excluding carboxylic acids is 3. The molecule has 6 heteroatoms. The lowest BCUT2D eigenvalue weighted by atomic mass is 10.0. The molecule has 1 unspecified atom stereocenters. The molecule has 0 aromatic heterocycles. The van der Waals surface area contributed by atoms with E-state index in [0.29, 0.717) is 19.3 Å². The van der Waals surface area contributed by atoms with Gasteiger partial charge in [0, 0.05) is 19.3 Å². The molecule has 6 nitrogen and oxygen atoms in total. The van der Waals surface area contributed by atoms with Crippen molar-refractivity contribution in [1.82, 2.24) is 0 Å². The molecule has 0 saturated carbocycles. The summed E-state index contributed by atoms with van der Waals surface area (Å²) in [5.41, 5.74) is 0. The van der Waals surface area contributed by atoms with Crippen LogP contribution in [0.3, 0.4) is 0 Å². The second kappa shape index (κ2) is 62.9. The predicted octanol–water partition coefficient (Wildman–Crippen LogP) is 21.7. The van der Waals surface area contributed by atoms with E-state index >= 15 is 0 Å². The Labute approximate surface area is 464 Å². The number of esters is 3. The van der Waals surface area contributed by atoms with Crippen molar-refractivity contribution in [2.24, 2.45) is 0 Å². The zero-order valence-corrected chi connectivity index (χ0v) is 49.3. The van der Waals surface area contributed by atoms with E-state index in [1.807, 2.05) is 0 Å². The van der Waals surface area contributed by atoms with Gasteiger partial charge < -0.3 is 14.2 Å². The molecule has 0 heterocycles. The van der Waals surface area contributed by atoms with Crippen molar-refractivity contribution in [3.8, 4) is 0 Å². The van der Waals surface area contributed by atoms with Crippen molar-refractivity contribution < 1.29 is 28.6 Å². The summed E-state index contributed by atoms with van der Waals surface area (Å²) in [5, 5.41) is 0. The van der Waals surface area contributed by atoms with E-state index in [-0.39, 0.29) is 31.1 Å².